The van der Waals surface area contributed by atoms with E-state index in [0.717, 1.165) is 71.3 Å². The van der Waals surface area contributed by atoms with E-state index in [1.165, 1.54) is 0 Å². The summed E-state index contributed by atoms with van der Waals surface area (Å²) in [4.78, 5) is 25.3. The molecule has 0 spiro atoms. The lowest BCUT2D eigenvalue weighted by atomic mass is 10.1. The molecular formula is C22H40N8O2. The average molecular weight is 449 g/mol. The topological polar surface area (TPSA) is 96.5 Å². The number of aliphatic imine (C=N–C) groups is 1. The number of nitrogens with one attached hydrogen (secondary N) is 4. The van der Waals surface area contributed by atoms with Crippen LogP contribution in [-0.2, 0) is 9.53 Å². The number of esters is 1. The Morgan fingerprint density at radius 3 is 2.53 bits per heavy atom. The van der Waals surface area contributed by atoms with Gasteiger partial charge in [-0.05, 0) is 26.8 Å². The highest BCUT2D eigenvalue weighted by molar-refractivity contribution is 5.89. The van der Waals surface area contributed by atoms with Gasteiger partial charge in [0.15, 0.2) is 0 Å². The van der Waals surface area contributed by atoms with Gasteiger partial charge >= 0.3 is 5.97 Å². The average Bonchev–Trinajstić information content (AvgIpc) is 2.80. The summed E-state index contributed by atoms with van der Waals surface area (Å²) in [5, 5.41) is 14.0. The van der Waals surface area contributed by atoms with E-state index in [9.17, 15) is 4.79 Å². The summed E-state index contributed by atoms with van der Waals surface area (Å²) < 4.78 is 5.84. The van der Waals surface area contributed by atoms with Crippen LogP contribution in [0.3, 0.4) is 0 Å². The Morgan fingerprint density at radius 1 is 1.06 bits per heavy atom. The minimum atomic E-state index is -0.511. The summed E-state index contributed by atoms with van der Waals surface area (Å²) in [6, 6.07) is -0.186. The molecule has 4 N–H and O–H groups in total. The van der Waals surface area contributed by atoms with Crippen LogP contribution in [0.5, 0.6) is 0 Å². The van der Waals surface area contributed by atoms with Crippen molar-refractivity contribution in [3.05, 3.63) is 12.3 Å². The number of nitrogens with zero attached hydrogens (tertiary/aromatic N) is 4. The van der Waals surface area contributed by atoms with Crippen molar-refractivity contribution < 1.29 is 9.53 Å². The SMILES string of the molecule is CC(C)(C)OC(=O)C1CNCCN1C(N1CCNCC1)N1CC=CN=C1C1CNCCN1. The van der Waals surface area contributed by atoms with Gasteiger partial charge in [0.05, 0.1) is 6.04 Å². The van der Waals surface area contributed by atoms with Crippen LogP contribution in [0.1, 0.15) is 20.8 Å². The third-order valence-electron chi connectivity index (χ3n) is 6.28. The fourth-order valence-electron chi connectivity index (χ4n) is 4.88. The monoisotopic (exact) mass is 448 g/mol. The summed E-state index contributed by atoms with van der Waals surface area (Å²) in [5.41, 5.74) is -0.511. The number of carbonyl (C=O) groups is 1. The van der Waals surface area contributed by atoms with Crippen molar-refractivity contribution in [2.75, 3.05) is 72.0 Å². The van der Waals surface area contributed by atoms with Crippen molar-refractivity contribution in [1.29, 1.82) is 0 Å². The Balaban J connectivity index is 1.63. The quantitative estimate of drug-likeness (QED) is 0.378. The number of carbonyl (C=O) groups excluding carboxylic acids is 1. The lowest BCUT2D eigenvalue weighted by molar-refractivity contribution is -0.169. The van der Waals surface area contributed by atoms with Crippen molar-refractivity contribution in [1.82, 2.24) is 36.0 Å². The molecule has 0 aromatic heterocycles. The van der Waals surface area contributed by atoms with E-state index in [0.29, 0.717) is 6.54 Å². The van der Waals surface area contributed by atoms with Crippen LogP contribution < -0.4 is 21.3 Å². The van der Waals surface area contributed by atoms with Gasteiger partial charge in [-0.3, -0.25) is 14.6 Å². The fraction of sp³-hybridized carbons (Fsp3) is 0.818. The maximum Gasteiger partial charge on any atom is 0.325 e. The van der Waals surface area contributed by atoms with E-state index in [2.05, 4.69) is 42.0 Å². The summed E-state index contributed by atoms with van der Waals surface area (Å²) in [6.45, 7) is 15.3. The predicted octanol–water partition coefficient (Wildman–Crippen LogP) is -1.42. The highest BCUT2D eigenvalue weighted by atomic mass is 16.6. The molecule has 3 fully saturated rings. The van der Waals surface area contributed by atoms with E-state index in [1.54, 1.807) is 0 Å². The first kappa shape index (κ1) is 23.6. The molecule has 3 unspecified atom stereocenters. The molecule has 32 heavy (non-hydrogen) atoms. The first-order valence-electron chi connectivity index (χ1n) is 12.0. The van der Waals surface area contributed by atoms with Gasteiger partial charge in [-0.1, -0.05) is 0 Å². The number of hydrogen-bond acceptors (Lipinski definition) is 10. The molecule has 10 heteroatoms. The molecule has 4 aliphatic rings. The number of amidine groups is 1. The zero-order valence-corrected chi connectivity index (χ0v) is 19.8. The molecule has 10 nitrogen and oxygen atoms in total. The highest BCUT2D eigenvalue weighted by Gasteiger charge is 2.43. The molecule has 0 aliphatic carbocycles. The molecule has 180 valence electrons. The summed E-state index contributed by atoms with van der Waals surface area (Å²) in [5.74, 6) is 0.887. The molecule has 0 radical (unpaired) electrons. The van der Waals surface area contributed by atoms with Gasteiger partial charge in [-0.15, -0.1) is 0 Å². The smallest absolute Gasteiger partial charge is 0.325 e. The van der Waals surface area contributed by atoms with Crippen LogP contribution in [-0.4, -0.2) is 122 Å². The number of rotatable bonds is 5. The molecule has 0 saturated carbocycles. The molecule has 4 aliphatic heterocycles. The number of ether oxygens (including phenoxy) is 1. The molecule has 4 heterocycles. The van der Waals surface area contributed by atoms with Crippen molar-refractivity contribution in [2.45, 2.75) is 44.7 Å². The molecule has 0 aromatic rings. The second kappa shape index (κ2) is 10.6. The van der Waals surface area contributed by atoms with Crippen molar-refractivity contribution >= 4 is 11.8 Å². The molecule has 4 rings (SSSR count). The van der Waals surface area contributed by atoms with E-state index in [1.807, 2.05) is 27.0 Å². The van der Waals surface area contributed by atoms with E-state index < -0.39 is 5.60 Å². The van der Waals surface area contributed by atoms with Crippen LogP contribution in [0.25, 0.3) is 0 Å². The molecule has 0 amide bonds. The van der Waals surface area contributed by atoms with Crippen molar-refractivity contribution in [3.8, 4) is 0 Å². The van der Waals surface area contributed by atoms with Crippen LogP contribution in [0, 0.1) is 0 Å². The number of hydrogen-bond donors (Lipinski definition) is 4. The normalized spacial score (nSPS) is 29.5. The zero-order chi connectivity index (χ0) is 22.6. The van der Waals surface area contributed by atoms with Crippen LogP contribution >= 0.6 is 0 Å². The molecule has 0 aromatic carbocycles. The lowest BCUT2D eigenvalue weighted by Gasteiger charge is -2.52. The first-order valence-corrected chi connectivity index (χ1v) is 12.0. The Bertz CT molecular complexity index is 695. The predicted molar refractivity (Wildman–Crippen MR) is 125 cm³/mol. The van der Waals surface area contributed by atoms with E-state index in [-0.39, 0.29) is 24.3 Å². The van der Waals surface area contributed by atoms with Crippen LogP contribution in [0.4, 0.5) is 0 Å². The standard InChI is InChI=1S/C22H40N8O2/c1-22(2,3)32-20(31)18-16-25-10-14-29(18)21(28-12-8-23-9-13-28)30-11-4-5-27-19(30)17-15-24-6-7-26-17/h4-5,17-18,21,23-26H,6-16H2,1-3H3. The summed E-state index contributed by atoms with van der Waals surface area (Å²) >= 11 is 0. The zero-order valence-electron chi connectivity index (χ0n) is 19.8. The Kier molecular flexibility index (Phi) is 7.80. The second-order valence-electron chi connectivity index (χ2n) is 9.86. The van der Waals surface area contributed by atoms with Crippen LogP contribution in [0.2, 0.25) is 0 Å². The van der Waals surface area contributed by atoms with Gasteiger partial charge in [0.25, 0.3) is 0 Å². The summed E-state index contributed by atoms with van der Waals surface area (Å²) in [6.07, 6.45) is 3.98. The fourth-order valence-corrected chi connectivity index (χ4v) is 4.88. The van der Waals surface area contributed by atoms with Crippen LogP contribution in [0.15, 0.2) is 17.3 Å². The number of piperazine rings is 3. The maximum atomic E-state index is 13.3. The Hall–Kier alpha value is -1.56. The first-order chi connectivity index (χ1) is 15.4. The molecule has 0 bridgehead atoms. The highest BCUT2D eigenvalue weighted by Crippen LogP contribution is 2.23. The van der Waals surface area contributed by atoms with Crippen molar-refractivity contribution in [3.63, 3.8) is 0 Å². The lowest BCUT2D eigenvalue weighted by Crippen LogP contribution is -2.71. The van der Waals surface area contributed by atoms with Gasteiger partial charge in [0.2, 0.25) is 0 Å². The minimum Gasteiger partial charge on any atom is -0.459 e. The maximum absolute atomic E-state index is 13.3. The molecule has 3 atom stereocenters. The van der Waals surface area contributed by atoms with Gasteiger partial charge < -0.3 is 30.9 Å². The molecule has 3 saturated heterocycles. The Morgan fingerprint density at radius 2 is 1.81 bits per heavy atom. The minimum absolute atomic E-state index is 0.0517. The van der Waals surface area contributed by atoms with Gasteiger partial charge in [0.1, 0.15) is 23.8 Å². The third kappa shape index (κ3) is 5.67. The second-order valence-corrected chi connectivity index (χ2v) is 9.86. The van der Waals surface area contributed by atoms with Gasteiger partial charge in [-0.25, -0.2) is 4.99 Å². The van der Waals surface area contributed by atoms with Gasteiger partial charge in [0, 0.05) is 78.2 Å². The largest absolute Gasteiger partial charge is 0.459 e. The molecular weight excluding hydrogens is 408 g/mol. The summed E-state index contributed by atoms with van der Waals surface area (Å²) in [7, 11) is 0. The third-order valence-corrected chi connectivity index (χ3v) is 6.28. The van der Waals surface area contributed by atoms with E-state index in [4.69, 9.17) is 9.73 Å². The van der Waals surface area contributed by atoms with Gasteiger partial charge in [-0.2, -0.15) is 0 Å². The van der Waals surface area contributed by atoms with Crippen molar-refractivity contribution in [2.24, 2.45) is 4.99 Å². The Labute approximate surface area is 191 Å². The van der Waals surface area contributed by atoms with E-state index >= 15 is 0 Å².